The van der Waals surface area contributed by atoms with Crippen LogP contribution in [0, 0.1) is 0 Å². The number of rotatable bonds is 4. The van der Waals surface area contributed by atoms with E-state index in [1.165, 1.54) is 0 Å². The van der Waals surface area contributed by atoms with Crippen LogP contribution in [-0.4, -0.2) is 55.2 Å². The lowest BCUT2D eigenvalue weighted by Crippen LogP contribution is -2.35. The molecule has 0 bridgehead atoms. The molecule has 1 fully saturated rings. The van der Waals surface area contributed by atoms with Gasteiger partial charge in [-0.1, -0.05) is 18.2 Å². The van der Waals surface area contributed by atoms with Crippen LogP contribution in [0.2, 0.25) is 0 Å². The Hall–Kier alpha value is -2.14. The van der Waals surface area contributed by atoms with Crippen molar-refractivity contribution in [2.75, 3.05) is 44.2 Å². The lowest BCUT2D eigenvalue weighted by Gasteiger charge is -2.22. The zero-order chi connectivity index (χ0) is 16.1. The Labute approximate surface area is 136 Å². The van der Waals surface area contributed by atoms with Crippen molar-refractivity contribution in [1.29, 1.82) is 0 Å². The van der Waals surface area contributed by atoms with Crippen molar-refractivity contribution in [3.05, 3.63) is 36.4 Å². The first-order chi connectivity index (χ1) is 11.3. The summed E-state index contributed by atoms with van der Waals surface area (Å²) >= 11 is 0. The van der Waals surface area contributed by atoms with Gasteiger partial charge in [0.1, 0.15) is 5.82 Å². The van der Waals surface area contributed by atoms with E-state index in [4.69, 9.17) is 9.72 Å². The van der Waals surface area contributed by atoms with Gasteiger partial charge in [0.25, 0.3) is 0 Å². The van der Waals surface area contributed by atoms with Gasteiger partial charge >= 0.3 is 5.97 Å². The van der Waals surface area contributed by atoms with Crippen LogP contribution in [0.1, 0.15) is 13.3 Å². The van der Waals surface area contributed by atoms with Gasteiger partial charge in [0, 0.05) is 31.6 Å². The third-order valence-electron chi connectivity index (χ3n) is 4.15. The van der Waals surface area contributed by atoms with Crippen LogP contribution < -0.4 is 4.90 Å². The number of benzene rings is 1. The van der Waals surface area contributed by atoms with Crippen LogP contribution in [-0.2, 0) is 9.53 Å². The summed E-state index contributed by atoms with van der Waals surface area (Å²) in [6.07, 6.45) is 1.02. The first-order valence-electron chi connectivity index (χ1n) is 8.25. The number of nitrogens with zero attached hydrogens (tertiary/aromatic N) is 3. The standard InChI is InChI=1S/C18H23N3O2/c1-2-23-18(22)14-20-10-5-11-21(13-12-20)17-9-8-15-6-3-4-7-16(15)19-17/h3-4,6-9H,2,5,10-14H2,1H3. The molecule has 1 aliphatic heterocycles. The number of pyridine rings is 1. The Morgan fingerprint density at radius 2 is 2.00 bits per heavy atom. The van der Waals surface area contributed by atoms with E-state index in [2.05, 4.69) is 28.0 Å². The molecule has 1 aliphatic rings. The van der Waals surface area contributed by atoms with Gasteiger partial charge in [-0.3, -0.25) is 9.69 Å². The van der Waals surface area contributed by atoms with Crippen molar-refractivity contribution < 1.29 is 9.53 Å². The molecule has 0 aliphatic carbocycles. The average molecular weight is 313 g/mol. The van der Waals surface area contributed by atoms with Crippen molar-refractivity contribution >= 4 is 22.7 Å². The molecular formula is C18H23N3O2. The molecule has 2 heterocycles. The quantitative estimate of drug-likeness (QED) is 0.811. The highest BCUT2D eigenvalue weighted by atomic mass is 16.5. The normalized spacial score (nSPS) is 16.3. The molecule has 0 spiro atoms. The summed E-state index contributed by atoms with van der Waals surface area (Å²) < 4.78 is 5.04. The van der Waals surface area contributed by atoms with E-state index in [0.29, 0.717) is 13.2 Å². The molecule has 3 rings (SSSR count). The van der Waals surface area contributed by atoms with Gasteiger partial charge in [0.2, 0.25) is 0 Å². The van der Waals surface area contributed by atoms with Crippen LogP contribution in [0.25, 0.3) is 10.9 Å². The predicted octanol–water partition coefficient (Wildman–Crippen LogP) is 2.31. The van der Waals surface area contributed by atoms with Crippen LogP contribution in [0.15, 0.2) is 36.4 Å². The molecule has 0 radical (unpaired) electrons. The van der Waals surface area contributed by atoms with Crippen LogP contribution in [0.5, 0.6) is 0 Å². The highest BCUT2D eigenvalue weighted by molar-refractivity contribution is 5.80. The summed E-state index contributed by atoms with van der Waals surface area (Å²) in [5.74, 6) is 0.881. The number of ether oxygens (including phenoxy) is 1. The maximum Gasteiger partial charge on any atom is 0.320 e. The molecule has 0 unspecified atom stereocenters. The van der Waals surface area contributed by atoms with E-state index in [1.807, 2.05) is 25.1 Å². The van der Waals surface area contributed by atoms with Crippen LogP contribution in [0.4, 0.5) is 5.82 Å². The molecule has 122 valence electrons. The summed E-state index contributed by atoms with van der Waals surface area (Å²) in [7, 11) is 0. The van der Waals surface area contributed by atoms with Crippen molar-refractivity contribution in [3.63, 3.8) is 0 Å². The number of hydrogen-bond donors (Lipinski definition) is 0. The second-order valence-electron chi connectivity index (χ2n) is 5.78. The van der Waals surface area contributed by atoms with E-state index < -0.39 is 0 Å². The molecule has 0 saturated carbocycles. The Bertz CT molecular complexity index is 674. The number of carbonyl (C=O) groups excluding carboxylic acids is 1. The van der Waals surface area contributed by atoms with E-state index in [-0.39, 0.29) is 5.97 Å². The Morgan fingerprint density at radius 1 is 1.13 bits per heavy atom. The van der Waals surface area contributed by atoms with E-state index >= 15 is 0 Å². The second-order valence-corrected chi connectivity index (χ2v) is 5.78. The molecule has 0 atom stereocenters. The molecule has 5 heteroatoms. The van der Waals surface area contributed by atoms with Crippen molar-refractivity contribution in [1.82, 2.24) is 9.88 Å². The molecular weight excluding hydrogens is 290 g/mol. The first-order valence-corrected chi connectivity index (χ1v) is 8.25. The van der Waals surface area contributed by atoms with Crippen molar-refractivity contribution in [3.8, 4) is 0 Å². The number of hydrogen-bond acceptors (Lipinski definition) is 5. The molecule has 1 saturated heterocycles. The zero-order valence-electron chi connectivity index (χ0n) is 13.6. The van der Waals surface area contributed by atoms with Gasteiger partial charge in [0.05, 0.1) is 18.7 Å². The second kappa shape index (κ2) is 7.42. The number of aromatic nitrogens is 1. The lowest BCUT2D eigenvalue weighted by atomic mass is 10.2. The third-order valence-corrected chi connectivity index (χ3v) is 4.15. The highest BCUT2D eigenvalue weighted by Gasteiger charge is 2.18. The summed E-state index contributed by atoms with van der Waals surface area (Å²) in [5.41, 5.74) is 1.03. The zero-order valence-corrected chi connectivity index (χ0v) is 13.6. The van der Waals surface area contributed by atoms with Gasteiger partial charge in [0.15, 0.2) is 0 Å². The van der Waals surface area contributed by atoms with Gasteiger partial charge in [-0.25, -0.2) is 4.98 Å². The minimum atomic E-state index is -0.134. The summed E-state index contributed by atoms with van der Waals surface area (Å²) in [4.78, 5) is 20.9. The SMILES string of the molecule is CCOC(=O)CN1CCCN(c2ccc3ccccc3n2)CC1. The summed E-state index contributed by atoms with van der Waals surface area (Å²) in [6, 6.07) is 12.4. The van der Waals surface area contributed by atoms with Crippen molar-refractivity contribution in [2.45, 2.75) is 13.3 Å². The molecule has 0 N–H and O–H groups in total. The van der Waals surface area contributed by atoms with Gasteiger partial charge in [-0.2, -0.15) is 0 Å². The molecule has 2 aromatic rings. The van der Waals surface area contributed by atoms with Crippen molar-refractivity contribution in [2.24, 2.45) is 0 Å². The Morgan fingerprint density at radius 3 is 2.87 bits per heavy atom. The minimum Gasteiger partial charge on any atom is -0.465 e. The summed E-state index contributed by atoms with van der Waals surface area (Å²) in [6.45, 7) is 6.28. The van der Waals surface area contributed by atoms with E-state index in [9.17, 15) is 4.79 Å². The molecule has 5 nitrogen and oxygen atoms in total. The Kier molecular flexibility index (Phi) is 5.08. The average Bonchev–Trinajstić information content (AvgIpc) is 2.80. The fraction of sp³-hybridized carbons (Fsp3) is 0.444. The van der Waals surface area contributed by atoms with Gasteiger partial charge in [-0.15, -0.1) is 0 Å². The van der Waals surface area contributed by atoms with Crippen LogP contribution in [0.3, 0.4) is 0 Å². The Balaban J connectivity index is 1.65. The first kappa shape index (κ1) is 15.7. The number of fused-ring (bicyclic) bond motifs is 1. The molecule has 1 aromatic carbocycles. The predicted molar refractivity (Wildman–Crippen MR) is 91.6 cm³/mol. The smallest absolute Gasteiger partial charge is 0.320 e. The van der Waals surface area contributed by atoms with Gasteiger partial charge < -0.3 is 9.64 Å². The number of para-hydroxylation sites is 1. The maximum atomic E-state index is 11.6. The van der Waals surface area contributed by atoms with Crippen LogP contribution >= 0.6 is 0 Å². The highest BCUT2D eigenvalue weighted by Crippen LogP contribution is 2.19. The van der Waals surface area contributed by atoms with E-state index in [0.717, 1.165) is 49.3 Å². The maximum absolute atomic E-state index is 11.6. The topological polar surface area (TPSA) is 45.7 Å². The fourth-order valence-electron chi connectivity index (χ4n) is 2.98. The fourth-order valence-corrected chi connectivity index (χ4v) is 2.98. The van der Waals surface area contributed by atoms with E-state index in [1.54, 1.807) is 0 Å². The third kappa shape index (κ3) is 3.99. The summed E-state index contributed by atoms with van der Waals surface area (Å²) in [5, 5.41) is 1.16. The number of esters is 1. The molecule has 1 aromatic heterocycles. The van der Waals surface area contributed by atoms with Gasteiger partial charge in [-0.05, 0) is 31.5 Å². The molecule has 23 heavy (non-hydrogen) atoms. The largest absolute Gasteiger partial charge is 0.465 e. The lowest BCUT2D eigenvalue weighted by molar-refractivity contribution is -0.144. The number of anilines is 1. The number of carbonyl (C=O) groups is 1. The minimum absolute atomic E-state index is 0.134. The monoisotopic (exact) mass is 313 g/mol. The molecule has 0 amide bonds.